The van der Waals surface area contributed by atoms with Crippen molar-refractivity contribution in [3.63, 3.8) is 0 Å². The van der Waals surface area contributed by atoms with Crippen LogP contribution in [-0.2, 0) is 11.3 Å². The van der Waals surface area contributed by atoms with Crippen LogP contribution in [-0.4, -0.2) is 54.2 Å². The first kappa shape index (κ1) is 17.6. The Morgan fingerprint density at radius 2 is 2.11 bits per heavy atom. The standard InChI is InChI=1S/C20H26N6O/c1-14-13-26(8-7-22-14)20-18(11-21-12-19(20)27-2)25-10-15-3-4-16-17(9-15)24-6-5-23-16/h3-6,9,11,14,21-22,25H,7-8,10,12-13H2,1-2H3. The van der Waals surface area contributed by atoms with E-state index in [1.165, 1.54) is 5.56 Å². The van der Waals surface area contributed by atoms with Crippen molar-refractivity contribution in [1.82, 2.24) is 30.8 Å². The number of piperazine rings is 1. The van der Waals surface area contributed by atoms with Crippen molar-refractivity contribution in [2.24, 2.45) is 0 Å². The molecule has 2 aliphatic rings. The summed E-state index contributed by atoms with van der Waals surface area (Å²) in [5, 5.41) is 10.4. The Bertz CT molecular complexity index is 878. The van der Waals surface area contributed by atoms with Crippen molar-refractivity contribution >= 4 is 11.0 Å². The SMILES string of the molecule is COC1=C(N2CCNC(C)C2)C(NCc2ccc3nccnc3c2)=CNC1. The maximum atomic E-state index is 5.69. The molecule has 2 aromatic rings. The van der Waals surface area contributed by atoms with Gasteiger partial charge in [-0.2, -0.15) is 0 Å². The van der Waals surface area contributed by atoms with Crippen molar-refractivity contribution in [1.29, 1.82) is 0 Å². The van der Waals surface area contributed by atoms with E-state index in [-0.39, 0.29) is 0 Å². The minimum absolute atomic E-state index is 0.458. The molecule has 0 amide bonds. The highest BCUT2D eigenvalue weighted by atomic mass is 16.5. The third kappa shape index (κ3) is 3.83. The average Bonchev–Trinajstić information content (AvgIpc) is 2.71. The monoisotopic (exact) mass is 366 g/mol. The van der Waals surface area contributed by atoms with Crippen molar-refractivity contribution < 1.29 is 4.74 Å². The fraction of sp³-hybridized carbons (Fsp3) is 0.400. The second-order valence-electron chi connectivity index (χ2n) is 6.95. The Morgan fingerprint density at radius 3 is 2.93 bits per heavy atom. The summed E-state index contributed by atoms with van der Waals surface area (Å²) in [5.41, 5.74) is 5.21. The number of rotatable bonds is 5. The van der Waals surface area contributed by atoms with Crippen molar-refractivity contribution in [2.75, 3.05) is 33.3 Å². The molecule has 0 aliphatic carbocycles. The van der Waals surface area contributed by atoms with E-state index in [0.717, 1.165) is 47.8 Å². The molecular weight excluding hydrogens is 340 g/mol. The summed E-state index contributed by atoms with van der Waals surface area (Å²) in [7, 11) is 1.74. The number of aromatic nitrogens is 2. The zero-order valence-corrected chi connectivity index (χ0v) is 15.8. The molecule has 1 aromatic carbocycles. The second kappa shape index (κ2) is 7.84. The third-order valence-corrected chi connectivity index (χ3v) is 4.98. The van der Waals surface area contributed by atoms with Gasteiger partial charge in [-0.3, -0.25) is 9.97 Å². The molecule has 4 rings (SSSR count). The summed E-state index contributed by atoms with van der Waals surface area (Å²) >= 11 is 0. The summed E-state index contributed by atoms with van der Waals surface area (Å²) in [4.78, 5) is 11.1. The van der Waals surface area contributed by atoms with Gasteiger partial charge in [-0.15, -0.1) is 0 Å². The van der Waals surface area contributed by atoms with Crippen LogP contribution in [0.25, 0.3) is 11.0 Å². The van der Waals surface area contributed by atoms with E-state index >= 15 is 0 Å². The van der Waals surface area contributed by atoms with Crippen LogP contribution in [0, 0.1) is 0 Å². The third-order valence-electron chi connectivity index (χ3n) is 4.98. The van der Waals surface area contributed by atoms with Gasteiger partial charge in [-0.05, 0) is 24.6 Å². The lowest BCUT2D eigenvalue weighted by Crippen LogP contribution is -2.50. The van der Waals surface area contributed by atoms with Gasteiger partial charge in [0.15, 0.2) is 0 Å². The molecule has 142 valence electrons. The number of nitrogens with zero attached hydrogens (tertiary/aromatic N) is 3. The van der Waals surface area contributed by atoms with Gasteiger partial charge in [0.25, 0.3) is 0 Å². The molecular formula is C20H26N6O. The fourth-order valence-electron chi connectivity index (χ4n) is 3.65. The number of methoxy groups -OCH3 is 1. The number of dihydropyridines is 1. The van der Waals surface area contributed by atoms with Crippen LogP contribution in [0.15, 0.2) is 53.9 Å². The van der Waals surface area contributed by atoms with E-state index in [4.69, 9.17) is 4.74 Å². The summed E-state index contributed by atoms with van der Waals surface area (Å²) in [6.45, 7) is 6.55. The second-order valence-corrected chi connectivity index (χ2v) is 6.95. The zero-order valence-electron chi connectivity index (χ0n) is 15.8. The van der Waals surface area contributed by atoms with Crippen LogP contribution in [0.1, 0.15) is 12.5 Å². The topological polar surface area (TPSA) is 74.3 Å². The maximum absolute atomic E-state index is 5.69. The summed E-state index contributed by atoms with van der Waals surface area (Å²) in [6, 6.07) is 6.65. The number of benzene rings is 1. The molecule has 0 bridgehead atoms. The molecule has 2 aliphatic heterocycles. The quantitative estimate of drug-likeness (QED) is 0.737. The number of fused-ring (bicyclic) bond motifs is 1. The number of hydrogen-bond donors (Lipinski definition) is 3. The molecule has 7 nitrogen and oxygen atoms in total. The summed E-state index contributed by atoms with van der Waals surface area (Å²) < 4.78 is 5.69. The Labute approximate surface area is 159 Å². The predicted molar refractivity (Wildman–Crippen MR) is 106 cm³/mol. The minimum Gasteiger partial charge on any atom is -0.497 e. The highest BCUT2D eigenvalue weighted by Gasteiger charge is 2.26. The van der Waals surface area contributed by atoms with Crippen LogP contribution in [0.3, 0.4) is 0 Å². The van der Waals surface area contributed by atoms with Crippen LogP contribution in [0.5, 0.6) is 0 Å². The molecule has 1 atom stereocenters. The minimum atomic E-state index is 0.458. The average molecular weight is 366 g/mol. The molecule has 0 spiro atoms. The Hall–Kier alpha value is -2.80. The molecule has 0 saturated carbocycles. The summed E-state index contributed by atoms with van der Waals surface area (Å²) in [5.74, 6) is 0.971. The zero-order chi connectivity index (χ0) is 18.6. The van der Waals surface area contributed by atoms with Gasteiger partial charge >= 0.3 is 0 Å². The largest absolute Gasteiger partial charge is 0.497 e. The number of nitrogens with one attached hydrogen (secondary N) is 3. The molecule has 27 heavy (non-hydrogen) atoms. The van der Waals surface area contributed by atoms with Crippen LogP contribution in [0.4, 0.5) is 0 Å². The van der Waals surface area contributed by atoms with E-state index in [1.54, 1.807) is 19.5 Å². The molecule has 1 saturated heterocycles. The predicted octanol–water partition coefficient (Wildman–Crippen LogP) is 1.32. The molecule has 1 unspecified atom stereocenters. The van der Waals surface area contributed by atoms with E-state index in [2.05, 4.69) is 49.9 Å². The van der Waals surface area contributed by atoms with Gasteiger partial charge in [-0.1, -0.05) is 6.07 Å². The maximum Gasteiger partial charge on any atom is 0.140 e. The van der Waals surface area contributed by atoms with Crippen molar-refractivity contribution in [2.45, 2.75) is 19.5 Å². The molecule has 1 aromatic heterocycles. The Kier molecular flexibility index (Phi) is 5.11. The summed E-state index contributed by atoms with van der Waals surface area (Å²) in [6.07, 6.45) is 5.49. The lowest BCUT2D eigenvalue weighted by molar-refractivity contribution is 0.216. The van der Waals surface area contributed by atoms with Gasteiger partial charge < -0.3 is 25.6 Å². The highest BCUT2D eigenvalue weighted by molar-refractivity contribution is 5.74. The lowest BCUT2D eigenvalue weighted by Gasteiger charge is -2.38. The highest BCUT2D eigenvalue weighted by Crippen LogP contribution is 2.23. The molecule has 1 fully saturated rings. The Morgan fingerprint density at radius 1 is 1.26 bits per heavy atom. The molecule has 3 heterocycles. The first-order valence-electron chi connectivity index (χ1n) is 9.37. The van der Waals surface area contributed by atoms with Crippen molar-refractivity contribution in [3.05, 3.63) is 59.5 Å². The van der Waals surface area contributed by atoms with Crippen molar-refractivity contribution in [3.8, 4) is 0 Å². The van der Waals surface area contributed by atoms with E-state index in [0.29, 0.717) is 19.1 Å². The normalized spacial score (nSPS) is 20.3. The first-order chi connectivity index (χ1) is 13.2. The van der Waals surface area contributed by atoms with Gasteiger partial charge in [0.1, 0.15) is 11.5 Å². The smallest absolute Gasteiger partial charge is 0.140 e. The molecule has 0 radical (unpaired) electrons. The van der Waals surface area contributed by atoms with E-state index in [1.807, 2.05) is 12.3 Å². The van der Waals surface area contributed by atoms with Gasteiger partial charge in [0.2, 0.25) is 0 Å². The van der Waals surface area contributed by atoms with Gasteiger partial charge in [0, 0.05) is 50.8 Å². The molecule has 7 heteroatoms. The number of hydrogen-bond acceptors (Lipinski definition) is 7. The number of ether oxygens (including phenoxy) is 1. The fourth-order valence-corrected chi connectivity index (χ4v) is 3.65. The van der Waals surface area contributed by atoms with E-state index in [9.17, 15) is 0 Å². The first-order valence-corrected chi connectivity index (χ1v) is 9.37. The van der Waals surface area contributed by atoms with Crippen LogP contribution in [0.2, 0.25) is 0 Å². The van der Waals surface area contributed by atoms with E-state index < -0.39 is 0 Å². The van der Waals surface area contributed by atoms with Gasteiger partial charge in [-0.25, -0.2) is 0 Å². The van der Waals surface area contributed by atoms with Gasteiger partial charge in [0.05, 0.1) is 30.4 Å². The molecule has 3 N–H and O–H groups in total. The van der Waals surface area contributed by atoms with Crippen LogP contribution < -0.4 is 16.0 Å². The Balaban J connectivity index is 1.53. The van der Waals surface area contributed by atoms with Crippen LogP contribution >= 0.6 is 0 Å². The lowest BCUT2D eigenvalue weighted by atomic mass is 10.1.